The second-order valence-corrected chi connectivity index (χ2v) is 9.33. The summed E-state index contributed by atoms with van der Waals surface area (Å²) < 4.78 is 48.0. The fraction of sp³-hybridized carbons (Fsp3) is 0.294. The minimum atomic E-state index is 0.309. The zero-order valence-electron chi connectivity index (χ0n) is 23.6. The Morgan fingerprint density at radius 2 is 0.810 bits per heavy atom. The first-order chi connectivity index (χ1) is 20.9. The van der Waals surface area contributed by atoms with Gasteiger partial charge in [-0.1, -0.05) is 72.8 Å². The Hall–Kier alpha value is -4.40. The second kappa shape index (κ2) is 16.1. The third-order valence-electron chi connectivity index (χ3n) is 6.28. The van der Waals surface area contributed by atoms with Gasteiger partial charge in [-0.2, -0.15) is 0 Å². The topological polar surface area (TPSA) is 73.8 Å². The van der Waals surface area contributed by atoms with Crippen LogP contribution < -0.4 is 28.4 Å². The van der Waals surface area contributed by atoms with Crippen LogP contribution in [0.25, 0.3) is 0 Å². The maximum atomic E-state index is 6.11. The van der Waals surface area contributed by atoms with Crippen LogP contribution in [0.2, 0.25) is 0 Å². The predicted octanol–water partition coefficient (Wildman–Crippen LogP) is 6.11. The molecule has 8 heteroatoms. The molecule has 220 valence electrons. The van der Waals surface area contributed by atoms with Crippen molar-refractivity contribution >= 4 is 0 Å². The lowest BCUT2D eigenvalue weighted by Gasteiger charge is -2.19. The number of para-hydroxylation sites is 2. The predicted molar refractivity (Wildman–Crippen MR) is 158 cm³/mol. The molecule has 0 spiro atoms. The lowest BCUT2D eigenvalue weighted by molar-refractivity contribution is 0.0623. The molecule has 0 saturated heterocycles. The molecule has 0 atom stereocenters. The zero-order chi connectivity index (χ0) is 28.7. The summed E-state index contributed by atoms with van der Waals surface area (Å²) in [5, 5.41) is 0. The van der Waals surface area contributed by atoms with Crippen LogP contribution in [0.15, 0.2) is 97.1 Å². The molecule has 0 aliphatic carbocycles. The molecular formula is C34H36O8. The van der Waals surface area contributed by atoms with Crippen molar-refractivity contribution in [1.29, 1.82) is 0 Å². The van der Waals surface area contributed by atoms with E-state index in [4.69, 9.17) is 37.9 Å². The van der Waals surface area contributed by atoms with Crippen molar-refractivity contribution in [3.63, 3.8) is 0 Å². The van der Waals surface area contributed by atoms with Gasteiger partial charge in [-0.25, -0.2) is 0 Å². The average Bonchev–Trinajstić information content (AvgIpc) is 3.03. The first-order valence-corrected chi connectivity index (χ1v) is 14.1. The van der Waals surface area contributed by atoms with E-state index in [0.717, 1.165) is 11.1 Å². The van der Waals surface area contributed by atoms with Crippen LogP contribution in [0.4, 0.5) is 0 Å². The summed E-state index contributed by atoms with van der Waals surface area (Å²) in [5.74, 6) is 3.44. The third-order valence-corrected chi connectivity index (χ3v) is 6.28. The molecule has 5 rings (SSSR count). The fourth-order valence-corrected chi connectivity index (χ4v) is 4.23. The normalized spacial score (nSPS) is 14.7. The molecule has 1 aliphatic heterocycles. The number of benzene rings is 4. The third kappa shape index (κ3) is 8.80. The van der Waals surface area contributed by atoms with E-state index in [0.29, 0.717) is 101 Å². The van der Waals surface area contributed by atoms with E-state index in [9.17, 15) is 0 Å². The molecule has 0 N–H and O–H groups in total. The van der Waals surface area contributed by atoms with Crippen molar-refractivity contribution in [1.82, 2.24) is 0 Å². The van der Waals surface area contributed by atoms with Crippen molar-refractivity contribution in [2.24, 2.45) is 0 Å². The summed E-state index contributed by atoms with van der Waals surface area (Å²) in [7, 11) is 0. The minimum Gasteiger partial charge on any atom is -0.487 e. The van der Waals surface area contributed by atoms with Crippen molar-refractivity contribution in [2.45, 2.75) is 13.2 Å². The van der Waals surface area contributed by atoms with E-state index in [1.165, 1.54) is 0 Å². The Morgan fingerprint density at radius 1 is 0.405 bits per heavy atom. The van der Waals surface area contributed by atoms with Crippen molar-refractivity contribution in [3.05, 3.63) is 108 Å². The van der Waals surface area contributed by atoms with Crippen LogP contribution in [-0.2, 0) is 22.7 Å². The Bertz CT molecular complexity index is 1240. The number of rotatable bonds is 6. The number of fused-ring (bicyclic) bond motifs is 2. The van der Waals surface area contributed by atoms with Crippen LogP contribution in [0, 0.1) is 0 Å². The smallest absolute Gasteiger partial charge is 0.203 e. The summed E-state index contributed by atoms with van der Waals surface area (Å²) >= 11 is 0. The summed E-state index contributed by atoms with van der Waals surface area (Å²) in [6.45, 7) is 3.59. The quantitative estimate of drug-likeness (QED) is 0.274. The lowest BCUT2D eigenvalue weighted by atomic mass is 10.2. The van der Waals surface area contributed by atoms with Gasteiger partial charge in [0.05, 0.1) is 26.4 Å². The molecule has 42 heavy (non-hydrogen) atoms. The Morgan fingerprint density at radius 3 is 1.24 bits per heavy atom. The van der Waals surface area contributed by atoms with Gasteiger partial charge in [-0.15, -0.1) is 0 Å². The average molecular weight is 573 g/mol. The highest BCUT2D eigenvalue weighted by Crippen LogP contribution is 2.39. The molecule has 0 radical (unpaired) electrons. The van der Waals surface area contributed by atoms with Gasteiger partial charge in [0.15, 0.2) is 23.0 Å². The van der Waals surface area contributed by atoms with Gasteiger partial charge in [0.1, 0.15) is 39.6 Å². The Labute approximate surface area is 246 Å². The van der Waals surface area contributed by atoms with E-state index in [2.05, 4.69) is 0 Å². The van der Waals surface area contributed by atoms with Gasteiger partial charge in [0, 0.05) is 0 Å². The molecule has 0 unspecified atom stereocenters. The largest absolute Gasteiger partial charge is 0.487 e. The highest BCUT2D eigenvalue weighted by atomic mass is 16.6. The van der Waals surface area contributed by atoms with E-state index in [1.807, 2.05) is 97.1 Å². The highest BCUT2D eigenvalue weighted by Gasteiger charge is 2.15. The van der Waals surface area contributed by atoms with Crippen LogP contribution in [0.3, 0.4) is 0 Å². The molecule has 0 amide bonds. The fourth-order valence-electron chi connectivity index (χ4n) is 4.23. The maximum Gasteiger partial charge on any atom is 0.203 e. The van der Waals surface area contributed by atoms with Crippen LogP contribution in [0.5, 0.6) is 34.5 Å². The van der Waals surface area contributed by atoms with Gasteiger partial charge < -0.3 is 37.9 Å². The molecule has 0 aromatic heterocycles. The van der Waals surface area contributed by atoms with Gasteiger partial charge in [0.2, 0.25) is 11.5 Å². The first-order valence-electron chi connectivity index (χ1n) is 14.1. The van der Waals surface area contributed by atoms with Crippen molar-refractivity contribution < 1.29 is 37.9 Å². The zero-order valence-corrected chi connectivity index (χ0v) is 23.6. The van der Waals surface area contributed by atoms with Crippen molar-refractivity contribution in [2.75, 3.05) is 52.9 Å². The summed E-state index contributed by atoms with van der Waals surface area (Å²) in [5.41, 5.74) is 2.12. The maximum absolute atomic E-state index is 6.11. The number of hydrogen-bond acceptors (Lipinski definition) is 8. The molecule has 4 aromatic carbocycles. The lowest BCUT2D eigenvalue weighted by Crippen LogP contribution is -2.16. The van der Waals surface area contributed by atoms with Crippen molar-refractivity contribution in [3.8, 4) is 34.5 Å². The van der Waals surface area contributed by atoms with E-state index < -0.39 is 0 Å². The van der Waals surface area contributed by atoms with Gasteiger partial charge in [0.25, 0.3) is 0 Å². The Kier molecular flexibility index (Phi) is 11.2. The number of hydrogen-bond donors (Lipinski definition) is 0. The van der Waals surface area contributed by atoms with Crippen LogP contribution >= 0.6 is 0 Å². The van der Waals surface area contributed by atoms with E-state index >= 15 is 0 Å². The van der Waals surface area contributed by atoms with Crippen LogP contribution in [-0.4, -0.2) is 52.9 Å². The SMILES string of the molecule is c1ccc(COc2cccc3c2OCCOCCOc2c(cccc2OCc2ccccc2)OCCOCCO3)cc1. The molecule has 0 fully saturated rings. The molecule has 0 bridgehead atoms. The monoisotopic (exact) mass is 572 g/mol. The molecule has 0 saturated carbocycles. The molecule has 1 aliphatic rings. The summed E-state index contributed by atoms with van der Waals surface area (Å²) in [4.78, 5) is 0. The molecule has 1 heterocycles. The summed E-state index contributed by atoms with van der Waals surface area (Å²) in [6.07, 6.45) is 0. The molecule has 8 nitrogen and oxygen atoms in total. The van der Waals surface area contributed by atoms with Gasteiger partial charge in [-0.05, 0) is 35.4 Å². The molecule has 4 aromatic rings. The standard InChI is InChI=1S/C34H36O8/c1-3-9-27(10-4-1)25-41-31-15-7-13-29-33(31)39-23-19-36-20-24-40-34-30(38-22-18-35-17-21-37-29)14-8-16-32(34)42-26-28-11-5-2-6-12-28/h1-16H,17-26H2. The summed E-state index contributed by atoms with van der Waals surface area (Å²) in [6, 6.07) is 31.2. The van der Waals surface area contributed by atoms with E-state index in [-0.39, 0.29) is 0 Å². The number of ether oxygens (including phenoxy) is 8. The highest BCUT2D eigenvalue weighted by molar-refractivity contribution is 5.52. The molecular weight excluding hydrogens is 536 g/mol. The van der Waals surface area contributed by atoms with Crippen LogP contribution in [0.1, 0.15) is 11.1 Å². The Balaban J connectivity index is 1.21. The first kappa shape index (κ1) is 29.1. The minimum absolute atomic E-state index is 0.309. The van der Waals surface area contributed by atoms with Gasteiger partial charge in [-0.3, -0.25) is 0 Å². The van der Waals surface area contributed by atoms with E-state index in [1.54, 1.807) is 0 Å². The van der Waals surface area contributed by atoms with Gasteiger partial charge >= 0.3 is 0 Å². The second-order valence-electron chi connectivity index (χ2n) is 9.33.